The Hall–Kier alpha value is -1.22. The summed E-state index contributed by atoms with van der Waals surface area (Å²) in [5.41, 5.74) is 0.920. The Morgan fingerprint density at radius 1 is 1.54 bits per heavy atom. The summed E-state index contributed by atoms with van der Waals surface area (Å²) in [4.78, 5) is 10.9. The normalized spacial score (nSPS) is 10.1. The van der Waals surface area contributed by atoms with Crippen molar-refractivity contribution in [2.75, 3.05) is 7.11 Å². The molecule has 0 fully saturated rings. The van der Waals surface area contributed by atoms with Crippen LogP contribution < -0.4 is 0 Å². The van der Waals surface area contributed by atoms with E-state index in [1.165, 1.54) is 32.2 Å². The summed E-state index contributed by atoms with van der Waals surface area (Å²) in [7, 11) is 1.49. The summed E-state index contributed by atoms with van der Waals surface area (Å²) in [6.45, 7) is 1.64. The highest BCUT2D eigenvalue weighted by Gasteiger charge is 2.05. The molecule has 0 aliphatic carbocycles. The van der Waals surface area contributed by atoms with Crippen LogP contribution in [0.5, 0.6) is 0 Å². The van der Waals surface area contributed by atoms with Crippen LogP contribution in [-0.4, -0.2) is 12.9 Å². The van der Waals surface area contributed by atoms with E-state index in [4.69, 9.17) is 4.74 Å². The molecule has 0 unspecified atom stereocenters. The van der Waals surface area contributed by atoms with Crippen molar-refractivity contribution >= 4 is 5.78 Å². The smallest absolute Gasteiger partial charge is 0.159 e. The molecule has 0 N–H and O–H groups in total. The number of methoxy groups -OCH3 is 1. The van der Waals surface area contributed by atoms with Gasteiger partial charge in [-0.15, -0.1) is 0 Å². The van der Waals surface area contributed by atoms with Crippen molar-refractivity contribution in [3.05, 3.63) is 35.1 Å². The summed E-state index contributed by atoms with van der Waals surface area (Å²) in [5.74, 6) is -0.413. The van der Waals surface area contributed by atoms with Gasteiger partial charge in [0.1, 0.15) is 5.82 Å². The average molecular weight is 182 g/mol. The molecule has 0 atom stereocenters. The molecular formula is C10H11FO2. The van der Waals surface area contributed by atoms with Crippen molar-refractivity contribution in [3.8, 4) is 0 Å². The summed E-state index contributed by atoms with van der Waals surface area (Å²) < 4.78 is 17.8. The second kappa shape index (κ2) is 4.14. The third-order valence-corrected chi connectivity index (χ3v) is 1.75. The van der Waals surface area contributed by atoms with Crippen LogP contribution in [0.4, 0.5) is 4.39 Å². The van der Waals surface area contributed by atoms with Gasteiger partial charge in [0.25, 0.3) is 0 Å². The second-order valence-corrected chi connectivity index (χ2v) is 2.80. The molecular weight excluding hydrogens is 171 g/mol. The number of rotatable bonds is 3. The Balaban J connectivity index is 3.03. The molecule has 2 nitrogen and oxygen atoms in total. The average Bonchev–Trinajstić information content (AvgIpc) is 2.08. The number of benzene rings is 1. The Bertz CT molecular complexity index is 321. The highest BCUT2D eigenvalue weighted by molar-refractivity contribution is 5.94. The van der Waals surface area contributed by atoms with Gasteiger partial charge in [-0.1, -0.05) is 0 Å². The van der Waals surface area contributed by atoms with Crippen LogP contribution in [0.25, 0.3) is 0 Å². The molecule has 0 saturated heterocycles. The fourth-order valence-electron chi connectivity index (χ4n) is 1.06. The fourth-order valence-corrected chi connectivity index (χ4v) is 1.06. The number of Topliss-reactive ketones (excluding diaryl/α,β-unsaturated/α-hetero) is 1. The van der Waals surface area contributed by atoms with Gasteiger partial charge < -0.3 is 4.74 Å². The first-order valence-corrected chi connectivity index (χ1v) is 3.93. The molecule has 1 aromatic carbocycles. The fraction of sp³-hybridized carbons (Fsp3) is 0.300. The van der Waals surface area contributed by atoms with E-state index in [2.05, 4.69) is 0 Å². The molecule has 0 spiro atoms. The van der Waals surface area contributed by atoms with Crippen molar-refractivity contribution in [2.24, 2.45) is 0 Å². The first kappa shape index (κ1) is 9.86. The van der Waals surface area contributed by atoms with Crippen LogP contribution >= 0.6 is 0 Å². The lowest BCUT2D eigenvalue weighted by Crippen LogP contribution is -1.98. The van der Waals surface area contributed by atoms with E-state index in [0.717, 1.165) is 0 Å². The van der Waals surface area contributed by atoms with E-state index in [0.29, 0.717) is 11.1 Å². The lowest BCUT2D eigenvalue weighted by Gasteiger charge is -2.03. The Labute approximate surface area is 76.3 Å². The molecule has 0 aliphatic rings. The number of carbonyl (C=O) groups excluding carboxylic acids is 1. The molecule has 0 saturated carbocycles. The topological polar surface area (TPSA) is 26.3 Å². The molecule has 1 rings (SSSR count). The van der Waals surface area contributed by atoms with Gasteiger partial charge in [0, 0.05) is 18.2 Å². The van der Waals surface area contributed by atoms with E-state index in [-0.39, 0.29) is 18.2 Å². The van der Waals surface area contributed by atoms with Crippen molar-refractivity contribution in [1.82, 2.24) is 0 Å². The zero-order valence-electron chi connectivity index (χ0n) is 7.63. The summed E-state index contributed by atoms with van der Waals surface area (Å²) >= 11 is 0. The molecule has 70 valence electrons. The summed E-state index contributed by atoms with van der Waals surface area (Å²) in [6.07, 6.45) is 0. The van der Waals surface area contributed by atoms with Gasteiger partial charge >= 0.3 is 0 Å². The molecule has 0 aliphatic heterocycles. The van der Waals surface area contributed by atoms with Crippen molar-refractivity contribution < 1.29 is 13.9 Å². The van der Waals surface area contributed by atoms with Crippen LogP contribution in [0.2, 0.25) is 0 Å². The molecule has 0 amide bonds. The molecule has 0 heterocycles. The molecule has 0 radical (unpaired) electrons. The zero-order chi connectivity index (χ0) is 9.84. The van der Waals surface area contributed by atoms with Crippen LogP contribution in [0.3, 0.4) is 0 Å². The first-order valence-electron chi connectivity index (χ1n) is 3.93. The van der Waals surface area contributed by atoms with Gasteiger partial charge in [0.15, 0.2) is 5.78 Å². The van der Waals surface area contributed by atoms with Crippen LogP contribution in [0.15, 0.2) is 18.2 Å². The predicted octanol–water partition coefficient (Wildman–Crippen LogP) is 2.17. The monoisotopic (exact) mass is 182 g/mol. The molecule has 1 aromatic rings. The Morgan fingerprint density at radius 3 is 2.77 bits per heavy atom. The molecule has 0 aromatic heterocycles. The molecule has 13 heavy (non-hydrogen) atoms. The van der Waals surface area contributed by atoms with Crippen molar-refractivity contribution in [1.29, 1.82) is 0 Å². The maximum absolute atomic E-state index is 13.0. The number of ether oxygens (including phenoxy) is 1. The van der Waals surface area contributed by atoms with Gasteiger partial charge in [0.2, 0.25) is 0 Å². The van der Waals surface area contributed by atoms with Gasteiger partial charge in [-0.25, -0.2) is 4.39 Å². The highest BCUT2D eigenvalue weighted by atomic mass is 19.1. The van der Waals surface area contributed by atoms with Crippen molar-refractivity contribution in [3.63, 3.8) is 0 Å². The quantitative estimate of drug-likeness (QED) is 0.669. The number of ketones is 1. The SMILES string of the molecule is COCc1cc(C(C)=O)ccc1F. The minimum Gasteiger partial charge on any atom is -0.380 e. The third-order valence-electron chi connectivity index (χ3n) is 1.75. The minimum absolute atomic E-state index is 0.0719. The van der Waals surface area contributed by atoms with Crippen LogP contribution in [-0.2, 0) is 11.3 Å². The minimum atomic E-state index is -0.341. The lowest BCUT2D eigenvalue weighted by atomic mass is 10.1. The largest absolute Gasteiger partial charge is 0.380 e. The first-order chi connectivity index (χ1) is 6.15. The van der Waals surface area contributed by atoms with Gasteiger partial charge in [-0.3, -0.25) is 4.79 Å². The van der Waals surface area contributed by atoms with Crippen LogP contribution in [0.1, 0.15) is 22.8 Å². The van der Waals surface area contributed by atoms with E-state index < -0.39 is 0 Å². The Kier molecular flexibility index (Phi) is 3.14. The van der Waals surface area contributed by atoms with Gasteiger partial charge in [0.05, 0.1) is 6.61 Å². The summed E-state index contributed by atoms with van der Waals surface area (Å²) in [6, 6.07) is 4.27. The van der Waals surface area contributed by atoms with Gasteiger partial charge in [-0.05, 0) is 25.1 Å². The highest BCUT2D eigenvalue weighted by Crippen LogP contribution is 2.11. The molecule has 3 heteroatoms. The lowest BCUT2D eigenvalue weighted by molar-refractivity contribution is 0.101. The standard InChI is InChI=1S/C10H11FO2/c1-7(12)8-3-4-10(11)9(5-8)6-13-2/h3-5H,6H2,1-2H3. The van der Waals surface area contributed by atoms with Crippen LogP contribution in [0, 0.1) is 5.82 Å². The summed E-state index contributed by atoms with van der Waals surface area (Å²) in [5, 5.41) is 0. The van der Waals surface area contributed by atoms with E-state index >= 15 is 0 Å². The maximum atomic E-state index is 13.0. The van der Waals surface area contributed by atoms with Gasteiger partial charge in [-0.2, -0.15) is 0 Å². The number of carbonyl (C=O) groups is 1. The zero-order valence-corrected chi connectivity index (χ0v) is 7.63. The van der Waals surface area contributed by atoms with E-state index in [1.54, 1.807) is 0 Å². The second-order valence-electron chi connectivity index (χ2n) is 2.80. The van der Waals surface area contributed by atoms with E-state index in [1.807, 2.05) is 0 Å². The van der Waals surface area contributed by atoms with Crippen molar-refractivity contribution in [2.45, 2.75) is 13.5 Å². The Morgan fingerprint density at radius 2 is 2.23 bits per heavy atom. The maximum Gasteiger partial charge on any atom is 0.159 e. The predicted molar refractivity (Wildman–Crippen MR) is 47.1 cm³/mol. The molecule has 0 bridgehead atoms. The number of hydrogen-bond donors (Lipinski definition) is 0. The third kappa shape index (κ3) is 2.36. The number of halogens is 1. The number of hydrogen-bond acceptors (Lipinski definition) is 2. The van der Waals surface area contributed by atoms with E-state index in [9.17, 15) is 9.18 Å².